The highest BCUT2D eigenvalue weighted by atomic mass is 32.2. The van der Waals surface area contributed by atoms with E-state index in [1.165, 1.54) is 11.3 Å². The zero-order valence-corrected chi connectivity index (χ0v) is 19.8. The molecule has 0 aliphatic carbocycles. The molecule has 1 heterocycles. The molecule has 29 heavy (non-hydrogen) atoms. The number of hydrogen-bond donors (Lipinski definition) is 2. The van der Waals surface area contributed by atoms with Crippen LogP contribution < -0.4 is 9.88 Å². The lowest BCUT2D eigenvalue weighted by atomic mass is 9.74. The van der Waals surface area contributed by atoms with Crippen molar-refractivity contribution in [2.45, 2.75) is 70.1 Å². The third-order valence-electron chi connectivity index (χ3n) is 5.66. The molecule has 1 aromatic carbocycles. The van der Waals surface area contributed by atoms with E-state index >= 15 is 0 Å². The number of thiophene rings is 1. The Morgan fingerprint density at radius 1 is 1.14 bits per heavy atom. The fourth-order valence-electron chi connectivity index (χ4n) is 3.41. The second-order valence-electron chi connectivity index (χ2n) is 8.63. The number of ether oxygens (including phenoxy) is 1. The van der Waals surface area contributed by atoms with Gasteiger partial charge in [-0.3, -0.25) is 0 Å². The standard InChI is InChI=1S/C22H33NO4S2/c1-7-22(8-2,19-11-12-20(28-19)29(23,25)26)16-9-10-17(15(3)13-16)27-14-18(24)21(4,5)6/h9-13,18,24H,7-8,14H2,1-6H3,(H2,23,25,26). The third kappa shape index (κ3) is 5.20. The van der Waals surface area contributed by atoms with Gasteiger partial charge in [0.15, 0.2) is 0 Å². The number of primary sulfonamides is 1. The summed E-state index contributed by atoms with van der Waals surface area (Å²) in [7, 11) is -3.71. The monoisotopic (exact) mass is 439 g/mol. The summed E-state index contributed by atoms with van der Waals surface area (Å²) in [6.07, 6.45) is 1.10. The summed E-state index contributed by atoms with van der Waals surface area (Å²) in [5.41, 5.74) is 1.57. The van der Waals surface area contributed by atoms with E-state index in [4.69, 9.17) is 9.88 Å². The average Bonchev–Trinajstić information content (AvgIpc) is 3.12. The number of sulfonamides is 1. The fraction of sp³-hybridized carbons (Fsp3) is 0.545. The highest BCUT2D eigenvalue weighted by Crippen LogP contribution is 2.43. The van der Waals surface area contributed by atoms with Crippen molar-refractivity contribution in [3.63, 3.8) is 0 Å². The van der Waals surface area contributed by atoms with Crippen LogP contribution in [0.15, 0.2) is 34.5 Å². The van der Waals surface area contributed by atoms with Crippen LogP contribution in [0, 0.1) is 12.3 Å². The van der Waals surface area contributed by atoms with Crippen LogP contribution in [0.2, 0.25) is 0 Å². The first-order chi connectivity index (χ1) is 13.3. The first-order valence-corrected chi connectivity index (χ1v) is 12.3. The lowest BCUT2D eigenvalue weighted by Gasteiger charge is -2.32. The molecule has 5 nitrogen and oxygen atoms in total. The van der Waals surface area contributed by atoms with Crippen LogP contribution in [0.5, 0.6) is 5.75 Å². The number of benzene rings is 1. The number of aliphatic hydroxyl groups is 1. The molecule has 0 bridgehead atoms. The maximum absolute atomic E-state index is 11.7. The normalized spacial score (nSPS) is 14.1. The van der Waals surface area contributed by atoms with Gasteiger partial charge in [0.2, 0.25) is 10.0 Å². The van der Waals surface area contributed by atoms with E-state index in [-0.39, 0.29) is 21.6 Å². The maximum Gasteiger partial charge on any atom is 0.247 e. The minimum Gasteiger partial charge on any atom is -0.491 e. The highest BCUT2D eigenvalue weighted by Gasteiger charge is 2.33. The van der Waals surface area contributed by atoms with Crippen molar-refractivity contribution in [1.29, 1.82) is 0 Å². The Balaban J connectivity index is 2.37. The van der Waals surface area contributed by atoms with Gasteiger partial charge >= 0.3 is 0 Å². The van der Waals surface area contributed by atoms with Crippen LogP contribution in [0.25, 0.3) is 0 Å². The molecular formula is C22H33NO4S2. The summed E-state index contributed by atoms with van der Waals surface area (Å²) in [4.78, 5) is 0.989. The van der Waals surface area contributed by atoms with Crippen LogP contribution in [0.4, 0.5) is 0 Å². The molecule has 0 aliphatic rings. The molecule has 3 N–H and O–H groups in total. The molecule has 1 aromatic heterocycles. The maximum atomic E-state index is 11.7. The number of aliphatic hydroxyl groups excluding tert-OH is 1. The number of rotatable bonds is 8. The lowest BCUT2D eigenvalue weighted by molar-refractivity contribution is 0.0216. The minimum absolute atomic E-state index is 0.187. The second-order valence-corrected chi connectivity index (χ2v) is 11.5. The average molecular weight is 440 g/mol. The van der Waals surface area contributed by atoms with Gasteiger partial charge in [0, 0.05) is 10.3 Å². The fourth-order valence-corrected chi connectivity index (χ4v) is 5.49. The van der Waals surface area contributed by atoms with Crippen molar-refractivity contribution in [2.75, 3.05) is 6.61 Å². The Labute approximate surface area is 179 Å². The van der Waals surface area contributed by atoms with Crippen molar-refractivity contribution in [3.8, 4) is 5.75 Å². The quantitative estimate of drug-likeness (QED) is 0.629. The molecule has 2 aromatic rings. The molecule has 0 amide bonds. The van der Waals surface area contributed by atoms with Gasteiger partial charge in [-0.05, 0) is 54.5 Å². The predicted octanol–water partition coefficient (Wildman–Crippen LogP) is 4.60. The summed E-state index contributed by atoms with van der Waals surface area (Å²) in [6.45, 7) is 12.4. The van der Waals surface area contributed by atoms with Crippen LogP contribution in [-0.4, -0.2) is 26.2 Å². The molecule has 2 rings (SSSR count). The van der Waals surface area contributed by atoms with Crippen molar-refractivity contribution in [1.82, 2.24) is 0 Å². The van der Waals surface area contributed by atoms with E-state index in [9.17, 15) is 13.5 Å². The van der Waals surface area contributed by atoms with E-state index in [1.54, 1.807) is 6.07 Å². The first kappa shape index (κ1) is 23.9. The largest absolute Gasteiger partial charge is 0.491 e. The molecule has 162 valence electrons. The molecule has 0 fully saturated rings. The summed E-state index contributed by atoms with van der Waals surface area (Å²) >= 11 is 1.24. The zero-order chi connectivity index (χ0) is 22.0. The Morgan fingerprint density at radius 2 is 1.76 bits per heavy atom. The Bertz CT molecular complexity index is 938. The Kier molecular flexibility index (Phi) is 7.21. The van der Waals surface area contributed by atoms with Gasteiger partial charge in [-0.15, -0.1) is 11.3 Å². The summed E-state index contributed by atoms with van der Waals surface area (Å²) in [5, 5.41) is 15.5. The Morgan fingerprint density at radius 3 is 2.21 bits per heavy atom. The van der Waals surface area contributed by atoms with Crippen LogP contribution in [-0.2, 0) is 15.4 Å². The number of aryl methyl sites for hydroxylation is 1. The van der Waals surface area contributed by atoms with E-state index < -0.39 is 16.1 Å². The van der Waals surface area contributed by atoms with Gasteiger partial charge in [0.1, 0.15) is 16.6 Å². The molecule has 0 spiro atoms. The van der Waals surface area contributed by atoms with Crippen LogP contribution in [0.1, 0.15) is 63.5 Å². The minimum atomic E-state index is -3.71. The number of hydrogen-bond acceptors (Lipinski definition) is 5. The van der Waals surface area contributed by atoms with Crippen LogP contribution in [0.3, 0.4) is 0 Å². The summed E-state index contributed by atoms with van der Waals surface area (Å²) in [5.74, 6) is 0.745. The van der Waals surface area contributed by atoms with E-state index in [0.29, 0.717) is 0 Å². The van der Waals surface area contributed by atoms with Crippen LogP contribution >= 0.6 is 11.3 Å². The topological polar surface area (TPSA) is 89.6 Å². The van der Waals surface area contributed by atoms with Crippen molar-refractivity contribution < 1.29 is 18.3 Å². The van der Waals surface area contributed by atoms with Gasteiger partial charge in [-0.1, -0.05) is 46.8 Å². The van der Waals surface area contributed by atoms with Gasteiger partial charge in [0.05, 0.1) is 6.10 Å². The zero-order valence-electron chi connectivity index (χ0n) is 18.2. The predicted molar refractivity (Wildman–Crippen MR) is 119 cm³/mol. The van der Waals surface area contributed by atoms with E-state index in [2.05, 4.69) is 19.9 Å². The second kappa shape index (κ2) is 8.76. The molecular weight excluding hydrogens is 406 g/mol. The van der Waals surface area contributed by atoms with Crippen molar-refractivity contribution >= 4 is 21.4 Å². The van der Waals surface area contributed by atoms with Gasteiger partial charge in [-0.25, -0.2) is 13.6 Å². The molecule has 0 saturated heterocycles. The SMILES string of the molecule is CCC(CC)(c1ccc(OCC(O)C(C)(C)C)c(C)c1)c1ccc(S(N)(=O)=O)s1. The molecule has 0 radical (unpaired) electrons. The molecule has 7 heteroatoms. The van der Waals surface area contributed by atoms with Gasteiger partial charge < -0.3 is 9.84 Å². The molecule has 1 atom stereocenters. The lowest BCUT2D eigenvalue weighted by Crippen LogP contribution is -2.32. The Hall–Kier alpha value is -1.41. The third-order valence-corrected chi connectivity index (χ3v) is 8.39. The molecule has 0 aliphatic heterocycles. The van der Waals surface area contributed by atoms with Crippen molar-refractivity contribution in [2.24, 2.45) is 10.6 Å². The summed E-state index contributed by atoms with van der Waals surface area (Å²) < 4.78 is 29.5. The van der Waals surface area contributed by atoms with Gasteiger partial charge in [0.25, 0.3) is 0 Å². The first-order valence-electron chi connectivity index (χ1n) is 9.90. The van der Waals surface area contributed by atoms with E-state index in [1.807, 2.05) is 45.9 Å². The van der Waals surface area contributed by atoms with Gasteiger partial charge in [-0.2, -0.15) is 0 Å². The summed E-state index contributed by atoms with van der Waals surface area (Å²) in [6, 6.07) is 9.54. The molecule has 1 unspecified atom stereocenters. The van der Waals surface area contributed by atoms with E-state index in [0.717, 1.165) is 34.6 Å². The number of nitrogens with two attached hydrogens (primary N) is 1. The highest BCUT2D eigenvalue weighted by molar-refractivity contribution is 7.91. The van der Waals surface area contributed by atoms with Crippen molar-refractivity contribution in [3.05, 3.63) is 46.3 Å². The molecule has 0 saturated carbocycles. The smallest absolute Gasteiger partial charge is 0.247 e.